The highest BCUT2D eigenvalue weighted by Gasteiger charge is 2.24. The van der Waals surface area contributed by atoms with Gasteiger partial charge < -0.3 is 14.4 Å². The molecule has 0 N–H and O–H groups in total. The van der Waals surface area contributed by atoms with E-state index in [1.54, 1.807) is 19.1 Å². The third-order valence-corrected chi connectivity index (χ3v) is 5.05. The minimum Gasteiger partial charge on any atom is -0.489 e. The summed E-state index contributed by atoms with van der Waals surface area (Å²) in [7, 11) is 0. The van der Waals surface area contributed by atoms with Gasteiger partial charge in [-0.3, -0.25) is 0 Å². The number of hydrogen-bond acceptors (Lipinski definition) is 3. The number of benzene rings is 2. The molecule has 3 nitrogen and oxygen atoms in total. The van der Waals surface area contributed by atoms with Crippen molar-refractivity contribution in [2.24, 2.45) is 0 Å². The van der Waals surface area contributed by atoms with Gasteiger partial charge in [-0.2, -0.15) is 0 Å². The molecule has 0 aliphatic carbocycles. The van der Waals surface area contributed by atoms with E-state index >= 15 is 0 Å². The molecule has 0 saturated carbocycles. The molecule has 0 aromatic heterocycles. The normalized spacial score (nSPS) is 18.0. The number of rotatable bonds is 6. The molecule has 1 fully saturated rings. The second-order valence-electron chi connectivity index (χ2n) is 6.95. The molecule has 1 unspecified atom stereocenters. The molecular formula is C21H23ClFNO2. The van der Waals surface area contributed by atoms with E-state index in [1.165, 1.54) is 6.07 Å². The maximum atomic E-state index is 13.3. The third-order valence-electron chi connectivity index (χ3n) is 4.76. The largest absolute Gasteiger partial charge is 0.489 e. The SMILES string of the molecule is CC(=O)C[C@@H](C)c1ccc(OC2CCN(c3ccc(F)c(Cl)c3)C2)cc1. The van der Waals surface area contributed by atoms with E-state index in [2.05, 4.69) is 11.8 Å². The number of halogens is 2. The Morgan fingerprint density at radius 3 is 2.69 bits per heavy atom. The summed E-state index contributed by atoms with van der Waals surface area (Å²) >= 11 is 5.88. The van der Waals surface area contributed by atoms with Gasteiger partial charge in [0.05, 0.1) is 11.6 Å². The topological polar surface area (TPSA) is 29.5 Å². The quantitative estimate of drug-likeness (QED) is 0.693. The van der Waals surface area contributed by atoms with Crippen molar-refractivity contribution in [3.8, 4) is 5.75 Å². The van der Waals surface area contributed by atoms with E-state index in [4.69, 9.17) is 16.3 Å². The number of carbonyl (C=O) groups is 1. The molecular weight excluding hydrogens is 353 g/mol. The number of carbonyl (C=O) groups excluding carboxylic acids is 1. The Kier molecular flexibility index (Phi) is 5.82. The van der Waals surface area contributed by atoms with Crippen LogP contribution in [-0.4, -0.2) is 25.0 Å². The highest BCUT2D eigenvalue weighted by atomic mass is 35.5. The van der Waals surface area contributed by atoms with Crippen LogP contribution >= 0.6 is 11.6 Å². The number of hydrogen-bond donors (Lipinski definition) is 0. The predicted molar refractivity (Wildman–Crippen MR) is 103 cm³/mol. The van der Waals surface area contributed by atoms with Crippen LogP contribution in [0.3, 0.4) is 0 Å². The first-order valence-corrected chi connectivity index (χ1v) is 9.26. The minimum absolute atomic E-state index is 0.0827. The van der Waals surface area contributed by atoms with Crippen LogP contribution < -0.4 is 9.64 Å². The Hall–Kier alpha value is -2.07. The summed E-state index contributed by atoms with van der Waals surface area (Å²) in [6.45, 7) is 5.26. The first-order valence-electron chi connectivity index (χ1n) is 8.88. The van der Waals surface area contributed by atoms with Gasteiger partial charge in [0.2, 0.25) is 0 Å². The summed E-state index contributed by atoms with van der Waals surface area (Å²) in [5, 5.41) is 0.141. The first kappa shape index (κ1) is 18.7. The van der Waals surface area contributed by atoms with Crippen LogP contribution in [-0.2, 0) is 4.79 Å². The van der Waals surface area contributed by atoms with Crippen LogP contribution in [0.4, 0.5) is 10.1 Å². The summed E-state index contributed by atoms with van der Waals surface area (Å²) in [4.78, 5) is 13.4. The van der Waals surface area contributed by atoms with Crippen molar-refractivity contribution in [2.45, 2.75) is 38.7 Å². The Bertz CT molecular complexity index is 778. The Morgan fingerprint density at radius 1 is 1.31 bits per heavy atom. The highest BCUT2D eigenvalue weighted by molar-refractivity contribution is 6.31. The molecule has 1 aliphatic heterocycles. The number of nitrogens with zero attached hydrogens (tertiary/aromatic N) is 1. The maximum Gasteiger partial charge on any atom is 0.141 e. The molecule has 26 heavy (non-hydrogen) atoms. The average Bonchev–Trinajstić information content (AvgIpc) is 3.06. The summed E-state index contributed by atoms with van der Waals surface area (Å²) < 4.78 is 19.4. The molecule has 1 aliphatic rings. The molecule has 2 aromatic rings. The zero-order chi connectivity index (χ0) is 18.7. The van der Waals surface area contributed by atoms with Gasteiger partial charge in [0.25, 0.3) is 0 Å². The van der Waals surface area contributed by atoms with Crippen LogP contribution in [0.25, 0.3) is 0 Å². The lowest BCUT2D eigenvalue weighted by atomic mass is 9.96. The molecule has 5 heteroatoms. The van der Waals surface area contributed by atoms with Crippen molar-refractivity contribution in [1.82, 2.24) is 0 Å². The Morgan fingerprint density at radius 2 is 2.04 bits per heavy atom. The van der Waals surface area contributed by atoms with Gasteiger partial charge in [0.15, 0.2) is 0 Å². The first-order chi connectivity index (χ1) is 12.4. The monoisotopic (exact) mass is 375 g/mol. The number of ether oxygens (including phenoxy) is 1. The lowest BCUT2D eigenvalue weighted by Gasteiger charge is -2.19. The van der Waals surface area contributed by atoms with E-state index < -0.39 is 5.82 Å². The van der Waals surface area contributed by atoms with Crippen molar-refractivity contribution < 1.29 is 13.9 Å². The smallest absolute Gasteiger partial charge is 0.141 e. The summed E-state index contributed by atoms with van der Waals surface area (Å²) in [6, 6.07) is 12.8. The van der Waals surface area contributed by atoms with E-state index in [1.807, 2.05) is 24.3 Å². The van der Waals surface area contributed by atoms with Gasteiger partial charge in [-0.1, -0.05) is 30.7 Å². The van der Waals surface area contributed by atoms with Gasteiger partial charge in [-0.05, 0) is 48.7 Å². The fourth-order valence-corrected chi connectivity index (χ4v) is 3.53. The van der Waals surface area contributed by atoms with Crippen LogP contribution in [0.15, 0.2) is 42.5 Å². The van der Waals surface area contributed by atoms with E-state index in [0.29, 0.717) is 6.42 Å². The summed E-state index contributed by atoms with van der Waals surface area (Å²) in [5.41, 5.74) is 2.05. The fraction of sp³-hybridized carbons (Fsp3) is 0.381. The molecule has 1 saturated heterocycles. The van der Waals surface area contributed by atoms with Gasteiger partial charge in [-0.15, -0.1) is 0 Å². The van der Waals surface area contributed by atoms with Crippen molar-refractivity contribution in [1.29, 1.82) is 0 Å². The van der Waals surface area contributed by atoms with Crippen LogP contribution in [0.1, 0.15) is 38.2 Å². The van der Waals surface area contributed by atoms with Crippen molar-refractivity contribution in [2.75, 3.05) is 18.0 Å². The van der Waals surface area contributed by atoms with Crippen LogP contribution in [0.2, 0.25) is 5.02 Å². The molecule has 2 atom stereocenters. The third kappa shape index (κ3) is 4.55. The van der Waals surface area contributed by atoms with Crippen LogP contribution in [0, 0.1) is 5.82 Å². The summed E-state index contributed by atoms with van der Waals surface area (Å²) in [5.74, 6) is 0.839. The second kappa shape index (κ2) is 8.09. The van der Waals surface area contributed by atoms with Crippen LogP contribution in [0.5, 0.6) is 5.75 Å². The van der Waals surface area contributed by atoms with E-state index in [-0.39, 0.29) is 22.8 Å². The maximum absolute atomic E-state index is 13.3. The molecule has 0 radical (unpaired) electrons. The molecule has 3 rings (SSSR count). The Balaban J connectivity index is 1.58. The van der Waals surface area contributed by atoms with Crippen molar-refractivity contribution in [3.63, 3.8) is 0 Å². The molecule has 2 aromatic carbocycles. The molecule has 138 valence electrons. The standard InChI is InChI=1S/C21H23ClFNO2/c1-14(11-15(2)25)16-3-6-18(7-4-16)26-19-9-10-24(13-19)17-5-8-21(23)20(22)12-17/h3-8,12,14,19H,9-11,13H2,1-2H3/t14-,19?/m1/s1. The van der Waals surface area contributed by atoms with E-state index in [9.17, 15) is 9.18 Å². The number of ketones is 1. The van der Waals surface area contributed by atoms with Crippen molar-refractivity contribution >= 4 is 23.1 Å². The molecule has 0 amide bonds. The average molecular weight is 376 g/mol. The van der Waals surface area contributed by atoms with Gasteiger partial charge >= 0.3 is 0 Å². The van der Waals surface area contributed by atoms with Gasteiger partial charge in [0.1, 0.15) is 23.5 Å². The van der Waals surface area contributed by atoms with E-state index in [0.717, 1.165) is 36.5 Å². The highest BCUT2D eigenvalue weighted by Crippen LogP contribution is 2.28. The molecule has 0 spiro atoms. The zero-order valence-electron chi connectivity index (χ0n) is 15.0. The number of Topliss-reactive ketones (excluding diaryl/α,β-unsaturated/α-hetero) is 1. The lowest BCUT2D eigenvalue weighted by molar-refractivity contribution is -0.117. The second-order valence-corrected chi connectivity index (χ2v) is 7.36. The minimum atomic E-state index is -0.401. The fourth-order valence-electron chi connectivity index (χ4n) is 3.36. The lowest BCUT2D eigenvalue weighted by Crippen LogP contribution is -2.24. The van der Waals surface area contributed by atoms with Gasteiger partial charge in [-0.25, -0.2) is 4.39 Å². The number of anilines is 1. The molecule has 1 heterocycles. The van der Waals surface area contributed by atoms with Gasteiger partial charge in [0, 0.05) is 25.1 Å². The predicted octanol–water partition coefficient (Wildman–Crippen LogP) is 5.22. The van der Waals surface area contributed by atoms with Crippen molar-refractivity contribution in [3.05, 3.63) is 58.9 Å². The summed E-state index contributed by atoms with van der Waals surface area (Å²) in [6.07, 6.45) is 1.54. The Labute approximate surface area is 158 Å². The zero-order valence-corrected chi connectivity index (χ0v) is 15.8. The molecule has 0 bridgehead atoms.